The van der Waals surface area contributed by atoms with Crippen molar-refractivity contribution in [2.45, 2.75) is 77.2 Å². The maximum Gasteiger partial charge on any atom is 0.318 e. The molecule has 4 rings (SSSR count). The maximum absolute atomic E-state index is 13.1. The van der Waals surface area contributed by atoms with E-state index in [0.29, 0.717) is 36.4 Å². The Kier molecular flexibility index (Phi) is 8.02. The Balaban J connectivity index is 1.50. The largest absolute Gasteiger partial charge is 0.465 e. The zero-order valence-electron chi connectivity index (χ0n) is 23.2. The molecule has 1 N–H and O–H groups in total. The number of rotatable bonds is 7. The molecule has 0 spiro atoms. The second-order valence-electron chi connectivity index (χ2n) is 11.0. The summed E-state index contributed by atoms with van der Waals surface area (Å²) >= 11 is 0. The third-order valence-corrected chi connectivity index (χ3v) is 7.53. The van der Waals surface area contributed by atoms with Gasteiger partial charge in [-0.1, -0.05) is 32.9 Å². The highest BCUT2D eigenvalue weighted by molar-refractivity contribution is 6.04. The lowest BCUT2D eigenvalue weighted by atomic mass is 9.70. The van der Waals surface area contributed by atoms with Gasteiger partial charge in [-0.15, -0.1) is 0 Å². The second kappa shape index (κ2) is 11.1. The van der Waals surface area contributed by atoms with Gasteiger partial charge < -0.3 is 14.8 Å². The average molecular weight is 519 g/mol. The molecule has 8 nitrogen and oxygen atoms in total. The minimum absolute atomic E-state index is 0.0611. The van der Waals surface area contributed by atoms with Gasteiger partial charge in [0.05, 0.1) is 53.4 Å². The number of ether oxygens (including phenoxy) is 2. The van der Waals surface area contributed by atoms with E-state index in [4.69, 9.17) is 9.47 Å². The van der Waals surface area contributed by atoms with Crippen molar-refractivity contribution in [2.75, 3.05) is 19.0 Å². The van der Waals surface area contributed by atoms with Crippen LogP contribution in [0, 0.1) is 6.92 Å². The van der Waals surface area contributed by atoms with Crippen molar-refractivity contribution < 1.29 is 19.1 Å². The van der Waals surface area contributed by atoms with Crippen LogP contribution in [0.1, 0.15) is 80.7 Å². The van der Waals surface area contributed by atoms with Crippen LogP contribution in [0.4, 0.5) is 5.69 Å². The van der Waals surface area contributed by atoms with Gasteiger partial charge in [0, 0.05) is 7.11 Å². The summed E-state index contributed by atoms with van der Waals surface area (Å²) in [6, 6.07) is 11.8. The van der Waals surface area contributed by atoms with E-state index in [1.54, 1.807) is 30.3 Å². The molecule has 202 valence electrons. The number of pyridine rings is 1. The molecular formula is C30H38N4O4. The van der Waals surface area contributed by atoms with Gasteiger partial charge in [0.1, 0.15) is 5.41 Å². The lowest BCUT2D eigenvalue weighted by molar-refractivity contribution is -0.153. The van der Waals surface area contributed by atoms with Crippen LogP contribution in [0.15, 0.2) is 48.8 Å². The van der Waals surface area contributed by atoms with Crippen LogP contribution in [0.2, 0.25) is 0 Å². The van der Waals surface area contributed by atoms with Crippen LogP contribution in [0.25, 0.3) is 5.69 Å². The minimum atomic E-state index is -0.798. The zero-order valence-corrected chi connectivity index (χ0v) is 23.2. The van der Waals surface area contributed by atoms with Crippen LogP contribution in [0.3, 0.4) is 0 Å². The summed E-state index contributed by atoms with van der Waals surface area (Å²) in [5, 5.41) is 7.37. The van der Waals surface area contributed by atoms with Crippen LogP contribution < -0.4 is 5.32 Å². The highest BCUT2D eigenvalue weighted by atomic mass is 16.5. The smallest absolute Gasteiger partial charge is 0.318 e. The summed E-state index contributed by atoms with van der Waals surface area (Å²) in [7, 11) is 1.70. The van der Waals surface area contributed by atoms with E-state index >= 15 is 0 Å². The molecule has 1 saturated carbocycles. The number of carbonyl (C=O) groups excluding carboxylic acids is 2. The number of aromatic nitrogens is 3. The number of nitrogens with one attached hydrogen (secondary N) is 1. The second-order valence-corrected chi connectivity index (χ2v) is 11.0. The first-order valence-electron chi connectivity index (χ1n) is 13.2. The van der Waals surface area contributed by atoms with E-state index in [1.165, 1.54) is 5.56 Å². The fraction of sp³-hybridized carbons (Fsp3) is 0.467. The lowest BCUT2D eigenvalue weighted by Crippen LogP contribution is -2.43. The molecule has 8 heteroatoms. The van der Waals surface area contributed by atoms with Gasteiger partial charge in [-0.05, 0) is 74.8 Å². The molecule has 38 heavy (non-hydrogen) atoms. The third-order valence-electron chi connectivity index (χ3n) is 7.53. The first kappa shape index (κ1) is 27.5. The van der Waals surface area contributed by atoms with Gasteiger partial charge in [0.15, 0.2) is 0 Å². The topological polar surface area (TPSA) is 95.3 Å². The summed E-state index contributed by atoms with van der Waals surface area (Å²) in [5.41, 5.74) is 3.82. The number of benzene rings is 1. The molecule has 1 aliphatic rings. The van der Waals surface area contributed by atoms with Crippen LogP contribution in [-0.2, 0) is 25.1 Å². The molecule has 0 saturated heterocycles. The Hall–Kier alpha value is -3.52. The molecule has 0 radical (unpaired) electrons. The van der Waals surface area contributed by atoms with Crippen molar-refractivity contribution in [2.24, 2.45) is 0 Å². The zero-order chi connectivity index (χ0) is 27.5. The molecule has 2 heterocycles. The van der Waals surface area contributed by atoms with Crippen molar-refractivity contribution in [3.63, 3.8) is 0 Å². The fourth-order valence-electron chi connectivity index (χ4n) is 5.10. The fourth-order valence-corrected chi connectivity index (χ4v) is 5.10. The maximum atomic E-state index is 13.1. The summed E-state index contributed by atoms with van der Waals surface area (Å²) in [6.07, 6.45) is 6.05. The first-order valence-corrected chi connectivity index (χ1v) is 13.2. The SMILES string of the molecule is CCOC(=O)C1(c2ccc(NC(=O)c3cnn(-c4ccc(C(C)(C)C)cc4)c3C)cn2)CCC(OC)CC1. The Bertz CT molecular complexity index is 1270. The molecule has 0 unspecified atom stereocenters. The van der Waals surface area contributed by atoms with Crippen LogP contribution >= 0.6 is 0 Å². The lowest BCUT2D eigenvalue weighted by Gasteiger charge is -2.37. The summed E-state index contributed by atoms with van der Waals surface area (Å²) in [5.74, 6) is -0.521. The molecule has 1 fully saturated rings. The number of hydrogen-bond acceptors (Lipinski definition) is 6. The number of nitrogens with zero attached hydrogens (tertiary/aromatic N) is 3. The number of hydrogen-bond donors (Lipinski definition) is 1. The number of carbonyl (C=O) groups is 2. The molecule has 1 aliphatic carbocycles. The minimum Gasteiger partial charge on any atom is -0.465 e. The molecule has 0 atom stereocenters. The Morgan fingerprint density at radius 3 is 2.32 bits per heavy atom. The highest BCUT2D eigenvalue weighted by Gasteiger charge is 2.46. The Morgan fingerprint density at radius 2 is 1.76 bits per heavy atom. The predicted molar refractivity (Wildman–Crippen MR) is 147 cm³/mol. The average Bonchev–Trinajstić information content (AvgIpc) is 3.30. The molecule has 1 aromatic carbocycles. The third kappa shape index (κ3) is 5.50. The van der Waals surface area contributed by atoms with Crippen molar-refractivity contribution in [3.05, 3.63) is 71.3 Å². The highest BCUT2D eigenvalue weighted by Crippen LogP contribution is 2.41. The van der Waals surface area contributed by atoms with Crippen molar-refractivity contribution in [1.82, 2.24) is 14.8 Å². The first-order chi connectivity index (χ1) is 18.1. The van der Waals surface area contributed by atoms with Gasteiger partial charge in [-0.25, -0.2) is 4.68 Å². The number of anilines is 1. The number of methoxy groups -OCH3 is 1. The van der Waals surface area contributed by atoms with E-state index in [-0.39, 0.29) is 23.4 Å². The van der Waals surface area contributed by atoms with Crippen molar-refractivity contribution in [1.29, 1.82) is 0 Å². The monoisotopic (exact) mass is 518 g/mol. The number of esters is 1. The molecule has 1 amide bonds. The van der Waals surface area contributed by atoms with E-state index in [1.807, 2.05) is 32.0 Å². The van der Waals surface area contributed by atoms with Gasteiger partial charge in [-0.2, -0.15) is 5.10 Å². The quantitative estimate of drug-likeness (QED) is 0.414. The van der Waals surface area contributed by atoms with E-state index in [0.717, 1.165) is 24.2 Å². The normalized spacial score (nSPS) is 19.7. The molecular weight excluding hydrogens is 480 g/mol. The summed E-state index contributed by atoms with van der Waals surface area (Å²) < 4.78 is 12.7. The standard InChI is InChI=1S/C30H38N4O4/c1-7-38-28(36)30(16-14-24(37-6)15-17-30)26-13-10-22(18-31-26)33-27(35)25-19-32-34(20(25)2)23-11-8-21(9-12-23)29(3,4)5/h8-13,18-19,24H,7,14-17H2,1-6H3,(H,33,35). The van der Waals surface area contributed by atoms with Gasteiger partial charge in [0.25, 0.3) is 5.91 Å². The van der Waals surface area contributed by atoms with Gasteiger partial charge in [0.2, 0.25) is 0 Å². The molecule has 2 aromatic heterocycles. The Morgan fingerprint density at radius 1 is 1.08 bits per heavy atom. The van der Waals surface area contributed by atoms with E-state index in [9.17, 15) is 9.59 Å². The van der Waals surface area contributed by atoms with Crippen LogP contribution in [-0.4, -0.2) is 46.5 Å². The number of amides is 1. The van der Waals surface area contributed by atoms with Gasteiger partial charge >= 0.3 is 5.97 Å². The molecule has 3 aromatic rings. The molecule has 0 bridgehead atoms. The molecule has 0 aliphatic heterocycles. The van der Waals surface area contributed by atoms with Gasteiger partial charge in [-0.3, -0.25) is 14.6 Å². The Labute approximate surface area is 224 Å². The van der Waals surface area contributed by atoms with E-state index < -0.39 is 5.41 Å². The summed E-state index contributed by atoms with van der Waals surface area (Å²) in [4.78, 5) is 30.7. The summed E-state index contributed by atoms with van der Waals surface area (Å²) in [6.45, 7) is 10.5. The van der Waals surface area contributed by atoms with Crippen molar-refractivity contribution in [3.8, 4) is 5.69 Å². The van der Waals surface area contributed by atoms with Crippen LogP contribution in [0.5, 0.6) is 0 Å². The van der Waals surface area contributed by atoms with E-state index in [2.05, 4.69) is 48.3 Å². The van der Waals surface area contributed by atoms with Crippen molar-refractivity contribution >= 4 is 17.6 Å². The predicted octanol–water partition coefficient (Wildman–Crippen LogP) is 5.52.